The number of aliphatic hydroxyl groups is 1. The third-order valence-corrected chi connectivity index (χ3v) is 2.28. The van der Waals surface area contributed by atoms with Crippen LogP contribution >= 0.6 is 0 Å². The zero-order valence-corrected chi connectivity index (χ0v) is 10.4. The highest BCUT2D eigenvalue weighted by atomic mass is 16.5. The highest BCUT2D eigenvalue weighted by molar-refractivity contribution is 5.67. The lowest BCUT2D eigenvalue weighted by atomic mass is 10.2. The maximum Gasteiger partial charge on any atom is 0.306 e. The van der Waals surface area contributed by atoms with Gasteiger partial charge in [0.05, 0.1) is 19.1 Å². The first-order chi connectivity index (χ1) is 8.61. The summed E-state index contributed by atoms with van der Waals surface area (Å²) in [6.07, 6.45) is -0.190. The summed E-state index contributed by atoms with van der Waals surface area (Å²) >= 11 is 0. The third kappa shape index (κ3) is 5.54. The quantitative estimate of drug-likeness (QED) is 0.657. The number of carboxylic acid groups (broad SMARTS) is 1. The number of benzene rings is 1. The van der Waals surface area contributed by atoms with Crippen LogP contribution in [0.15, 0.2) is 24.3 Å². The molecule has 0 radical (unpaired) electrons. The number of nitrogens with one attached hydrogen (secondary N) is 1. The molecule has 1 unspecified atom stereocenters. The molecule has 0 fully saturated rings. The van der Waals surface area contributed by atoms with Crippen LogP contribution in [0.4, 0.5) is 5.69 Å². The molecular formula is C13H19NO4. The number of carboxylic acids is 1. The molecule has 1 rings (SSSR count). The van der Waals surface area contributed by atoms with E-state index in [0.717, 1.165) is 17.9 Å². The van der Waals surface area contributed by atoms with Crippen molar-refractivity contribution in [1.29, 1.82) is 0 Å². The van der Waals surface area contributed by atoms with Crippen LogP contribution in [0.2, 0.25) is 0 Å². The van der Waals surface area contributed by atoms with Crippen LogP contribution in [0.1, 0.15) is 19.8 Å². The summed E-state index contributed by atoms with van der Waals surface area (Å²) < 4.78 is 5.43. The minimum atomic E-state index is -1.01. The van der Waals surface area contributed by atoms with Gasteiger partial charge in [-0.05, 0) is 30.7 Å². The molecule has 0 saturated heterocycles. The summed E-state index contributed by atoms with van der Waals surface area (Å²) in [5.41, 5.74) is 0.822. The molecule has 5 heteroatoms. The normalized spacial score (nSPS) is 11.9. The van der Waals surface area contributed by atoms with Crippen molar-refractivity contribution in [3.05, 3.63) is 24.3 Å². The smallest absolute Gasteiger partial charge is 0.306 e. The van der Waals surface area contributed by atoms with E-state index in [1.807, 2.05) is 31.2 Å². The Balaban J connectivity index is 2.36. The molecule has 0 spiro atoms. The van der Waals surface area contributed by atoms with E-state index in [0.29, 0.717) is 6.61 Å². The lowest BCUT2D eigenvalue weighted by Crippen LogP contribution is -2.22. The van der Waals surface area contributed by atoms with Crippen LogP contribution in [-0.2, 0) is 4.79 Å². The average molecular weight is 253 g/mol. The van der Waals surface area contributed by atoms with Crippen molar-refractivity contribution in [2.24, 2.45) is 0 Å². The fourth-order valence-corrected chi connectivity index (χ4v) is 1.40. The number of carbonyl (C=O) groups is 1. The number of hydrogen-bond acceptors (Lipinski definition) is 4. The zero-order chi connectivity index (χ0) is 13.4. The summed E-state index contributed by atoms with van der Waals surface area (Å²) in [5.74, 6) is -0.207. The SMILES string of the molecule is CCCOc1ccc(NCC(O)CC(=O)O)cc1. The standard InChI is InChI=1S/C13H19NO4/c1-2-7-18-12-5-3-10(4-6-12)14-9-11(15)8-13(16)17/h3-6,11,14-15H,2,7-9H2,1H3,(H,16,17). The number of aliphatic carboxylic acids is 1. The summed E-state index contributed by atoms with van der Waals surface area (Å²) in [7, 11) is 0. The molecule has 0 bridgehead atoms. The topological polar surface area (TPSA) is 78.8 Å². The van der Waals surface area contributed by atoms with E-state index >= 15 is 0 Å². The van der Waals surface area contributed by atoms with E-state index in [2.05, 4.69) is 5.32 Å². The Morgan fingerprint density at radius 1 is 1.39 bits per heavy atom. The second-order valence-electron chi connectivity index (χ2n) is 4.01. The number of ether oxygens (including phenoxy) is 1. The molecule has 100 valence electrons. The van der Waals surface area contributed by atoms with Gasteiger partial charge in [-0.3, -0.25) is 4.79 Å². The molecule has 0 aliphatic rings. The molecule has 0 amide bonds. The first-order valence-electron chi connectivity index (χ1n) is 5.98. The first-order valence-corrected chi connectivity index (χ1v) is 5.98. The second-order valence-corrected chi connectivity index (χ2v) is 4.01. The highest BCUT2D eigenvalue weighted by Crippen LogP contribution is 2.15. The number of anilines is 1. The van der Waals surface area contributed by atoms with E-state index < -0.39 is 12.1 Å². The molecular weight excluding hydrogens is 234 g/mol. The molecule has 5 nitrogen and oxygen atoms in total. The first kappa shape index (κ1) is 14.3. The van der Waals surface area contributed by atoms with Crippen LogP contribution in [0, 0.1) is 0 Å². The van der Waals surface area contributed by atoms with Gasteiger partial charge in [0.1, 0.15) is 5.75 Å². The van der Waals surface area contributed by atoms with Gasteiger partial charge < -0.3 is 20.3 Å². The summed E-state index contributed by atoms with van der Waals surface area (Å²) in [5, 5.41) is 20.8. The van der Waals surface area contributed by atoms with Crippen LogP contribution < -0.4 is 10.1 Å². The van der Waals surface area contributed by atoms with Crippen LogP contribution in [0.5, 0.6) is 5.75 Å². The second kappa shape index (κ2) is 7.55. The third-order valence-electron chi connectivity index (χ3n) is 2.28. The van der Waals surface area contributed by atoms with Crippen molar-refractivity contribution >= 4 is 11.7 Å². The molecule has 0 aliphatic heterocycles. The van der Waals surface area contributed by atoms with Gasteiger partial charge in [0.25, 0.3) is 0 Å². The molecule has 1 aromatic carbocycles. The van der Waals surface area contributed by atoms with Gasteiger partial charge in [-0.25, -0.2) is 0 Å². The zero-order valence-electron chi connectivity index (χ0n) is 10.4. The van der Waals surface area contributed by atoms with Crippen LogP contribution in [0.3, 0.4) is 0 Å². The van der Waals surface area contributed by atoms with Gasteiger partial charge in [-0.15, -0.1) is 0 Å². The fraction of sp³-hybridized carbons (Fsp3) is 0.462. The molecule has 0 aromatic heterocycles. The van der Waals surface area contributed by atoms with Gasteiger partial charge in [-0.1, -0.05) is 6.92 Å². The summed E-state index contributed by atoms with van der Waals surface area (Å²) in [6, 6.07) is 7.33. The molecule has 0 saturated carbocycles. The van der Waals surface area contributed by atoms with Gasteiger partial charge in [0.2, 0.25) is 0 Å². The van der Waals surface area contributed by atoms with Gasteiger partial charge >= 0.3 is 5.97 Å². The van der Waals surface area contributed by atoms with Crippen molar-refractivity contribution in [2.75, 3.05) is 18.5 Å². The largest absolute Gasteiger partial charge is 0.494 e. The van der Waals surface area contributed by atoms with Crippen molar-refractivity contribution in [3.8, 4) is 5.75 Å². The van der Waals surface area contributed by atoms with Crippen molar-refractivity contribution < 1.29 is 19.7 Å². The Morgan fingerprint density at radius 3 is 2.61 bits per heavy atom. The number of hydrogen-bond donors (Lipinski definition) is 3. The molecule has 0 aliphatic carbocycles. The Morgan fingerprint density at radius 2 is 2.06 bits per heavy atom. The van der Waals surface area contributed by atoms with E-state index in [1.54, 1.807) is 0 Å². The molecule has 0 heterocycles. The van der Waals surface area contributed by atoms with Crippen molar-refractivity contribution in [1.82, 2.24) is 0 Å². The Hall–Kier alpha value is -1.75. The van der Waals surface area contributed by atoms with Crippen molar-refractivity contribution in [2.45, 2.75) is 25.9 Å². The monoisotopic (exact) mass is 253 g/mol. The van der Waals surface area contributed by atoms with E-state index in [-0.39, 0.29) is 13.0 Å². The predicted octanol–water partition coefficient (Wildman–Crippen LogP) is 1.72. The number of rotatable bonds is 8. The molecule has 3 N–H and O–H groups in total. The van der Waals surface area contributed by atoms with Crippen LogP contribution in [-0.4, -0.2) is 35.4 Å². The average Bonchev–Trinajstić information content (AvgIpc) is 2.34. The fourth-order valence-electron chi connectivity index (χ4n) is 1.40. The summed E-state index contributed by atoms with van der Waals surface area (Å²) in [4.78, 5) is 10.4. The predicted molar refractivity (Wildman–Crippen MR) is 69.0 cm³/mol. The number of aliphatic hydroxyl groups excluding tert-OH is 1. The maximum atomic E-state index is 10.4. The van der Waals surface area contributed by atoms with Crippen molar-refractivity contribution in [3.63, 3.8) is 0 Å². The minimum Gasteiger partial charge on any atom is -0.494 e. The van der Waals surface area contributed by atoms with Crippen LogP contribution in [0.25, 0.3) is 0 Å². The van der Waals surface area contributed by atoms with Gasteiger partial charge in [0, 0.05) is 12.2 Å². The highest BCUT2D eigenvalue weighted by Gasteiger charge is 2.08. The molecule has 1 atom stereocenters. The minimum absolute atomic E-state index is 0.210. The van der Waals surface area contributed by atoms with E-state index in [1.165, 1.54) is 0 Å². The molecule has 18 heavy (non-hydrogen) atoms. The molecule has 1 aromatic rings. The van der Waals surface area contributed by atoms with E-state index in [4.69, 9.17) is 9.84 Å². The van der Waals surface area contributed by atoms with E-state index in [9.17, 15) is 9.90 Å². The Kier molecular flexibility index (Phi) is 6.00. The summed E-state index contributed by atoms with van der Waals surface area (Å²) in [6.45, 7) is 2.94. The van der Waals surface area contributed by atoms with Gasteiger partial charge in [-0.2, -0.15) is 0 Å². The lowest BCUT2D eigenvalue weighted by molar-refractivity contribution is -0.138. The Bertz CT molecular complexity index is 364. The Labute approximate surface area is 106 Å². The lowest BCUT2D eigenvalue weighted by Gasteiger charge is -2.11. The van der Waals surface area contributed by atoms with Gasteiger partial charge in [0.15, 0.2) is 0 Å². The maximum absolute atomic E-state index is 10.4.